The van der Waals surface area contributed by atoms with Crippen LogP contribution in [-0.2, 0) is 6.42 Å². The van der Waals surface area contributed by atoms with Crippen LogP contribution in [-0.4, -0.2) is 4.98 Å². The number of para-hydroxylation sites is 1. The van der Waals surface area contributed by atoms with Crippen LogP contribution in [0.1, 0.15) is 12.6 Å². The minimum Gasteiger partial charge on any atom is -0.252 e. The molecule has 0 aliphatic carbocycles. The molecule has 0 spiro atoms. The van der Waals surface area contributed by atoms with E-state index in [1.807, 2.05) is 0 Å². The van der Waals surface area contributed by atoms with Crippen molar-refractivity contribution in [2.24, 2.45) is 0 Å². The first-order chi connectivity index (χ1) is 11.9. The van der Waals surface area contributed by atoms with E-state index in [4.69, 9.17) is 4.98 Å². The quantitative estimate of drug-likeness (QED) is 0.443. The molecule has 0 saturated heterocycles. The van der Waals surface area contributed by atoms with Crippen LogP contribution >= 0.6 is 0 Å². The van der Waals surface area contributed by atoms with Crippen LogP contribution in [0.3, 0.4) is 0 Å². The highest BCUT2D eigenvalue weighted by Gasteiger charge is 2.16. The minimum atomic E-state index is 0.912. The summed E-state index contributed by atoms with van der Waals surface area (Å²) in [6.45, 7) is 2.18. The molecular formula is C23H19N. The van der Waals surface area contributed by atoms with E-state index >= 15 is 0 Å². The predicted molar refractivity (Wildman–Crippen MR) is 102 cm³/mol. The van der Waals surface area contributed by atoms with Crippen LogP contribution in [0.15, 0.2) is 84.9 Å². The van der Waals surface area contributed by atoms with E-state index < -0.39 is 0 Å². The van der Waals surface area contributed by atoms with Crippen molar-refractivity contribution in [2.75, 3.05) is 0 Å². The lowest BCUT2D eigenvalue weighted by atomic mass is 9.89. The normalized spacial score (nSPS) is 10.9. The molecule has 0 unspecified atom stereocenters. The van der Waals surface area contributed by atoms with Crippen LogP contribution in [0.2, 0.25) is 0 Å². The maximum absolute atomic E-state index is 4.96. The molecule has 0 bridgehead atoms. The number of pyridine rings is 1. The van der Waals surface area contributed by atoms with Gasteiger partial charge in [0.05, 0.1) is 5.52 Å². The van der Waals surface area contributed by atoms with E-state index in [1.54, 1.807) is 0 Å². The third-order valence-corrected chi connectivity index (χ3v) is 4.43. The van der Waals surface area contributed by atoms with Gasteiger partial charge in [0.15, 0.2) is 0 Å². The first kappa shape index (κ1) is 14.6. The van der Waals surface area contributed by atoms with Gasteiger partial charge in [-0.3, -0.25) is 4.98 Å². The fourth-order valence-corrected chi connectivity index (χ4v) is 3.34. The van der Waals surface area contributed by atoms with Gasteiger partial charge in [-0.1, -0.05) is 85.8 Å². The lowest BCUT2D eigenvalue weighted by Crippen LogP contribution is -1.98. The Morgan fingerprint density at radius 3 is 1.79 bits per heavy atom. The van der Waals surface area contributed by atoms with E-state index in [0.717, 1.165) is 17.6 Å². The van der Waals surface area contributed by atoms with Crippen molar-refractivity contribution in [1.29, 1.82) is 0 Å². The summed E-state index contributed by atoms with van der Waals surface area (Å²) in [5, 5.41) is 1.21. The standard InChI is InChI=1S/C23H19N/c1-2-20-23(18-13-7-4-8-14-18)22(17-11-5-3-6-12-17)19-15-9-10-16-21(19)24-20/h3-16H,2H2,1H3. The van der Waals surface area contributed by atoms with Gasteiger partial charge < -0.3 is 0 Å². The van der Waals surface area contributed by atoms with Crippen molar-refractivity contribution in [1.82, 2.24) is 4.98 Å². The van der Waals surface area contributed by atoms with E-state index in [-0.39, 0.29) is 0 Å². The number of hydrogen-bond acceptors (Lipinski definition) is 1. The number of nitrogens with zero attached hydrogens (tertiary/aromatic N) is 1. The minimum absolute atomic E-state index is 0.912. The van der Waals surface area contributed by atoms with Crippen molar-refractivity contribution >= 4 is 10.9 Å². The zero-order chi connectivity index (χ0) is 16.4. The fraction of sp³-hybridized carbons (Fsp3) is 0.0870. The molecule has 0 saturated carbocycles. The molecule has 0 N–H and O–H groups in total. The van der Waals surface area contributed by atoms with Crippen LogP contribution in [0.25, 0.3) is 33.2 Å². The Kier molecular flexibility index (Phi) is 3.84. The number of fused-ring (bicyclic) bond motifs is 1. The van der Waals surface area contributed by atoms with Crippen molar-refractivity contribution < 1.29 is 0 Å². The fourth-order valence-electron chi connectivity index (χ4n) is 3.34. The molecule has 0 amide bonds. The van der Waals surface area contributed by atoms with Crippen LogP contribution in [0.5, 0.6) is 0 Å². The van der Waals surface area contributed by atoms with E-state index in [0.29, 0.717) is 0 Å². The molecule has 1 aromatic heterocycles. The Morgan fingerprint density at radius 1 is 0.625 bits per heavy atom. The Labute approximate surface area is 142 Å². The molecule has 1 heterocycles. The van der Waals surface area contributed by atoms with Gasteiger partial charge in [-0.15, -0.1) is 0 Å². The van der Waals surface area contributed by atoms with Crippen LogP contribution in [0.4, 0.5) is 0 Å². The lowest BCUT2D eigenvalue weighted by molar-refractivity contribution is 1.06. The van der Waals surface area contributed by atoms with E-state index in [1.165, 1.54) is 27.6 Å². The second-order valence-electron chi connectivity index (χ2n) is 5.91. The molecule has 0 atom stereocenters. The first-order valence-electron chi connectivity index (χ1n) is 8.41. The van der Waals surface area contributed by atoms with Crippen molar-refractivity contribution in [3.63, 3.8) is 0 Å². The zero-order valence-corrected chi connectivity index (χ0v) is 13.7. The molecular weight excluding hydrogens is 290 g/mol. The van der Waals surface area contributed by atoms with Gasteiger partial charge in [0.25, 0.3) is 0 Å². The molecule has 0 radical (unpaired) electrons. The first-order valence-corrected chi connectivity index (χ1v) is 8.41. The smallest absolute Gasteiger partial charge is 0.0712 e. The number of aryl methyl sites for hydroxylation is 1. The predicted octanol–water partition coefficient (Wildman–Crippen LogP) is 6.13. The maximum Gasteiger partial charge on any atom is 0.0712 e. The van der Waals surface area contributed by atoms with Gasteiger partial charge >= 0.3 is 0 Å². The second kappa shape index (κ2) is 6.29. The van der Waals surface area contributed by atoms with E-state index in [9.17, 15) is 0 Å². The molecule has 24 heavy (non-hydrogen) atoms. The molecule has 116 valence electrons. The van der Waals surface area contributed by atoms with E-state index in [2.05, 4.69) is 91.9 Å². The number of benzene rings is 3. The zero-order valence-electron chi connectivity index (χ0n) is 13.7. The topological polar surface area (TPSA) is 12.9 Å². The van der Waals surface area contributed by atoms with Crippen molar-refractivity contribution in [3.05, 3.63) is 90.6 Å². The maximum atomic E-state index is 4.96. The largest absolute Gasteiger partial charge is 0.252 e. The Balaban J connectivity index is 2.16. The Hall–Kier alpha value is -2.93. The molecule has 1 nitrogen and oxygen atoms in total. The summed E-state index contributed by atoms with van der Waals surface area (Å²) >= 11 is 0. The lowest BCUT2D eigenvalue weighted by Gasteiger charge is -2.17. The molecule has 0 aliphatic heterocycles. The molecule has 0 aliphatic rings. The summed E-state index contributed by atoms with van der Waals surface area (Å²) in [6.07, 6.45) is 0.912. The van der Waals surface area contributed by atoms with Crippen molar-refractivity contribution in [2.45, 2.75) is 13.3 Å². The number of rotatable bonds is 3. The number of aromatic nitrogens is 1. The summed E-state index contributed by atoms with van der Waals surface area (Å²) in [6, 6.07) is 29.7. The molecule has 1 heteroatoms. The second-order valence-corrected chi connectivity index (χ2v) is 5.91. The summed E-state index contributed by atoms with van der Waals surface area (Å²) < 4.78 is 0. The molecule has 3 aromatic carbocycles. The third kappa shape index (κ3) is 2.48. The molecule has 4 rings (SSSR count). The monoisotopic (exact) mass is 309 g/mol. The van der Waals surface area contributed by atoms with Gasteiger partial charge in [0.1, 0.15) is 0 Å². The summed E-state index contributed by atoms with van der Waals surface area (Å²) in [5.74, 6) is 0. The highest BCUT2D eigenvalue weighted by Crippen LogP contribution is 2.39. The summed E-state index contributed by atoms with van der Waals surface area (Å²) in [5.41, 5.74) is 7.22. The summed E-state index contributed by atoms with van der Waals surface area (Å²) in [4.78, 5) is 4.96. The Bertz CT molecular complexity index is 973. The SMILES string of the molecule is CCc1nc2ccccc2c(-c2ccccc2)c1-c1ccccc1. The van der Waals surface area contributed by atoms with Crippen LogP contribution in [0, 0.1) is 0 Å². The molecule has 4 aromatic rings. The number of hydrogen-bond donors (Lipinski definition) is 0. The van der Waals surface area contributed by atoms with Gasteiger partial charge in [0.2, 0.25) is 0 Å². The average Bonchev–Trinajstić information content (AvgIpc) is 2.67. The third-order valence-electron chi connectivity index (χ3n) is 4.43. The van der Waals surface area contributed by atoms with Gasteiger partial charge in [-0.05, 0) is 23.6 Å². The highest BCUT2D eigenvalue weighted by molar-refractivity contribution is 6.03. The van der Waals surface area contributed by atoms with Gasteiger partial charge in [0, 0.05) is 22.2 Å². The Morgan fingerprint density at radius 2 is 1.17 bits per heavy atom. The molecule has 0 fully saturated rings. The highest BCUT2D eigenvalue weighted by atomic mass is 14.7. The average molecular weight is 309 g/mol. The van der Waals surface area contributed by atoms with Gasteiger partial charge in [-0.2, -0.15) is 0 Å². The van der Waals surface area contributed by atoms with Crippen LogP contribution < -0.4 is 0 Å². The van der Waals surface area contributed by atoms with Gasteiger partial charge in [-0.25, -0.2) is 0 Å². The summed E-state index contributed by atoms with van der Waals surface area (Å²) in [7, 11) is 0. The van der Waals surface area contributed by atoms with Crippen molar-refractivity contribution in [3.8, 4) is 22.3 Å².